The molecule has 0 saturated carbocycles. The molecule has 20 heavy (non-hydrogen) atoms. The first-order valence-corrected chi connectivity index (χ1v) is 6.33. The van der Waals surface area contributed by atoms with E-state index in [-0.39, 0.29) is 5.78 Å². The van der Waals surface area contributed by atoms with Crippen LogP contribution in [-0.2, 0) is 0 Å². The van der Waals surface area contributed by atoms with Gasteiger partial charge in [-0.25, -0.2) is 0 Å². The molecule has 0 spiro atoms. The second-order valence-electron chi connectivity index (χ2n) is 4.53. The number of ketones is 1. The molecule has 0 bridgehead atoms. The van der Waals surface area contributed by atoms with E-state index in [1.807, 2.05) is 49.4 Å². The summed E-state index contributed by atoms with van der Waals surface area (Å²) in [5, 5.41) is 8.18. The highest BCUT2D eigenvalue weighted by molar-refractivity contribution is 6.11. The minimum Gasteiger partial charge on any atom is -0.289 e. The quantitative estimate of drug-likeness (QED) is 0.683. The highest BCUT2D eigenvalue weighted by Gasteiger charge is 2.14. The summed E-state index contributed by atoms with van der Waals surface area (Å²) in [4.78, 5) is 14.1. The molecule has 1 aromatic heterocycles. The van der Waals surface area contributed by atoms with Crippen LogP contribution in [0, 0.1) is 6.92 Å². The summed E-state index contributed by atoms with van der Waals surface area (Å²) in [5.41, 5.74) is 3.06. The van der Waals surface area contributed by atoms with Gasteiger partial charge in [-0.2, -0.15) is 15.0 Å². The maximum absolute atomic E-state index is 12.6. The molecule has 98 valence electrons. The zero-order valence-electron chi connectivity index (χ0n) is 11.0. The standard InChI is InChI=1S/C16H13N3O/c1-12-6-8-13(9-7-12)16(20)14-4-2-3-5-15(14)19-17-10-11-18-19/h2-11H,1H3. The third kappa shape index (κ3) is 2.23. The molecule has 0 fully saturated rings. The van der Waals surface area contributed by atoms with Crippen LogP contribution < -0.4 is 0 Å². The highest BCUT2D eigenvalue weighted by Crippen LogP contribution is 2.17. The van der Waals surface area contributed by atoms with Crippen molar-refractivity contribution in [2.75, 3.05) is 0 Å². The Hall–Kier alpha value is -2.75. The monoisotopic (exact) mass is 263 g/mol. The summed E-state index contributed by atoms with van der Waals surface area (Å²) in [6.45, 7) is 2.00. The number of benzene rings is 2. The number of hydrogen-bond acceptors (Lipinski definition) is 3. The number of para-hydroxylation sites is 1. The van der Waals surface area contributed by atoms with E-state index in [2.05, 4.69) is 10.2 Å². The Morgan fingerprint density at radius 3 is 2.30 bits per heavy atom. The van der Waals surface area contributed by atoms with Crippen molar-refractivity contribution in [1.82, 2.24) is 15.0 Å². The van der Waals surface area contributed by atoms with E-state index in [1.165, 1.54) is 4.80 Å². The van der Waals surface area contributed by atoms with Crippen LogP contribution in [0.15, 0.2) is 60.9 Å². The van der Waals surface area contributed by atoms with Gasteiger partial charge in [-0.1, -0.05) is 42.0 Å². The Balaban J connectivity index is 2.06. The molecule has 3 rings (SSSR count). The third-order valence-corrected chi connectivity index (χ3v) is 3.10. The third-order valence-electron chi connectivity index (χ3n) is 3.10. The summed E-state index contributed by atoms with van der Waals surface area (Å²) in [6, 6.07) is 14.9. The normalized spacial score (nSPS) is 10.4. The van der Waals surface area contributed by atoms with Gasteiger partial charge in [0.2, 0.25) is 0 Å². The summed E-state index contributed by atoms with van der Waals surface area (Å²) < 4.78 is 0. The molecule has 0 saturated heterocycles. The second-order valence-corrected chi connectivity index (χ2v) is 4.53. The van der Waals surface area contributed by atoms with Crippen LogP contribution in [0.1, 0.15) is 21.5 Å². The van der Waals surface area contributed by atoms with Crippen LogP contribution in [0.4, 0.5) is 0 Å². The van der Waals surface area contributed by atoms with Crippen LogP contribution in [0.2, 0.25) is 0 Å². The van der Waals surface area contributed by atoms with Gasteiger partial charge in [0.05, 0.1) is 23.6 Å². The average Bonchev–Trinajstić information content (AvgIpc) is 3.01. The van der Waals surface area contributed by atoms with Gasteiger partial charge < -0.3 is 0 Å². The number of carbonyl (C=O) groups excluding carboxylic acids is 1. The SMILES string of the molecule is Cc1ccc(C(=O)c2ccccc2-n2nccn2)cc1. The summed E-state index contributed by atoms with van der Waals surface area (Å²) in [6.07, 6.45) is 3.18. The molecule has 0 radical (unpaired) electrons. The minimum atomic E-state index is -0.0297. The molecule has 0 amide bonds. The molecule has 0 aliphatic carbocycles. The van der Waals surface area contributed by atoms with Gasteiger partial charge in [0.15, 0.2) is 5.78 Å². The molecular weight excluding hydrogens is 250 g/mol. The van der Waals surface area contributed by atoms with Crippen molar-refractivity contribution >= 4 is 5.78 Å². The van der Waals surface area contributed by atoms with E-state index in [0.717, 1.165) is 5.56 Å². The van der Waals surface area contributed by atoms with Crippen LogP contribution in [-0.4, -0.2) is 20.8 Å². The van der Waals surface area contributed by atoms with E-state index >= 15 is 0 Å². The van der Waals surface area contributed by atoms with Gasteiger partial charge >= 0.3 is 0 Å². The molecule has 0 N–H and O–H groups in total. The topological polar surface area (TPSA) is 47.8 Å². The minimum absolute atomic E-state index is 0.0297. The van der Waals surface area contributed by atoms with E-state index in [4.69, 9.17) is 0 Å². The molecule has 0 aliphatic rings. The number of aryl methyl sites for hydroxylation is 1. The lowest BCUT2D eigenvalue weighted by atomic mass is 10.0. The van der Waals surface area contributed by atoms with Gasteiger partial charge in [0.1, 0.15) is 0 Å². The molecule has 1 heterocycles. The lowest BCUT2D eigenvalue weighted by Gasteiger charge is -2.07. The Morgan fingerprint density at radius 2 is 1.60 bits per heavy atom. The fourth-order valence-electron chi connectivity index (χ4n) is 2.04. The lowest BCUT2D eigenvalue weighted by Crippen LogP contribution is -2.09. The van der Waals surface area contributed by atoms with Gasteiger partial charge in [0, 0.05) is 5.56 Å². The van der Waals surface area contributed by atoms with Crippen molar-refractivity contribution in [2.45, 2.75) is 6.92 Å². The Kier molecular flexibility index (Phi) is 3.13. The number of carbonyl (C=O) groups is 1. The van der Waals surface area contributed by atoms with Crippen LogP contribution in [0.5, 0.6) is 0 Å². The number of rotatable bonds is 3. The molecule has 0 unspecified atom stereocenters. The largest absolute Gasteiger partial charge is 0.289 e. The highest BCUT2D eigenvalue weighted by atomic mass is 16.1. The smallest absolute Gasteiger partial charge is 0.195 e. The molecule has 0 aliphatic heterocycles. The van der Waals surface area contributed by atoms with Crippen molar-refractivity contribution in [3.63, 3.8) is 0 Å². The van der Waals surface area contributed by atoms with E-state index in [0.29, 0.717) is 16.8 Å². The van der Waals surface area contributed by atoms with Crippen LogP contribution >= 0.6 is 0 Å². The molecule has 4 heteroatoms. The maximum atomic E-state index is 12.6. The second kappa shape index (κ2) is 5.09. The Morgan fingerprint density at radius 1 is 0.950 bits per heavy atom. The van der Waals surface area contributed by atoms with Gasteiger partial charge in [-0.15, -0.1) is 0 Å². The van der Waals surface area contributed by atoms with Crippen molar-refractivity contribution in [2.24, 2.45) is 0 Å². The average molecular weight is 263 g/mol. The van der Waals surface area contributed by atoms with Crippen LogP contribution in [0.3, 0.4) is 0 Å². The fourth-order valence-corrected chi connectivity index (χ4v) is 2.04. The zero-order chi connectivity index (χ0) is 13.9. The van der Waals surface area contributed by atoms with E-state index < -0.39 is 0 Å². The van der Waals surface area contributed by atoms with E-state index in [9.17, 15) is 4.79 Å². The molecule has 2 aromatic carbocycles. The zero-order valence-corrected chi connectivity index (χ0v) is 11.0. The number of hydrogen-bond donors (Lipinski definition) is 0. The van der Waals surface area contributed by atoms with Crippen molar-refractivity contribution in [3.8, 4) is 5.69 Å². The maximum Gasteiger partial charge on any atom is 0.195 e. The Bertz CT molecular complexity index is 731. The van der Waals surface area contributed by atoms with Crippen molar-refractivity contribution in [3.05, 3.63) is 77.6 Å². The van der Waals surface area contributed by atoms with Crippen molar-refractivity contribution in [1.29, 1.82) is 0 Å². The van der Waals surface area contributed by atoms with Gasteiger partial charge in [-0.05, 0) is 19.1 Å². The predicted octanol–water partition coefficient (Wildman–Crippen LogP) is 2.81. The number of nitrogens with zero attached hydrogens (tertiary/aromatic N) is 3. The van der Waals surface area contributed by atoms with Crippen LogP contribution in [0.25, 0.3) is 5.69 Å². The first-order chi connectivity index (χ1) is 9.75. The molecule has 4 nitrogen and oxygen atoms in total. The molecule has 0 atom stereocenters. The molecular formula is C16H13N3O. The Labute approximate surface area is 116 Å². The summed E-state index contributed by atoms with van der Waals surface area (Å²) >= 11 is 0. The number of aromatic nitrogens is 3. The lowest BCUT2D eigenvalue weighted by molar-refractivity contribution is 0.103. The molecule has 3 aromatic rings. The summed E-state index contributed by atoms with van der Waals surface area (Å²) in [5.74, 6) is -0.0297. The first kappa shape index (κ1) is 12.3. The van der Waals surface area contributed by atoms with Gasteiger partial charge in [0.25, 0.3) is 0 Å². The van der Waals surface area contributed by atoms with E-state index in [1.54, 1.807) is 18.5 Å². The van der Waals surface area contributed by atoms with Crippen molar-refractivity contribution < 1.29 is 4.79 Å². The first-order valence-electron chi connectivity index (χ1n) is 6.33. The fraction of sp³-hybridized carbons (Fsp3) is 0.0625. The predicted molar refractivity (Wildman–Crippen MR) is 76.0 cm³/mol. The van der Waals surface area contributed by atoms with Gasteiger partial charge in [-0.3, -0.25) is 4.79 Å². The summed E-state index contributed by atoms with van der Waals surface area (Å²) in [7, 11) is 0.